The number of aromatic nitrogens is 2. The number of aromatic hydroxyl groups is 1. The van der Waals surface area contributed by atoms with Gasteiger partial charge in [-0.25, -0.2) is 0 Å². The van der Waals surface area contributed by atoms with Gasteiger partial charge in [-0.15, -0.1) is 0 Å². The van der Waals surface area contributed by atoms with Crippen LogP contribution in [-0.4, -0.2) is 29.1 Å². The second kappa shape index (κ2) is 6.39. The van der Waals surface area contributed by atoms with Crippen molar-refractivity contribution >= 4 is 5.69 Å². The molecule has 1 heterocycles. The fourth-order valence-corrected chi connectivity index (χ4v) is 1.97. The van der Waals surface area contributed by atoms with E-state index in [1.807, 2.05) is 10.9 Å². The largest absolute Gasteiger partial charge is 0.502 e. The van der Waals surface area contributed by atoms with Crippen molar-refractivity contribution in [2.45, 2.75) is 26.4 Å². The Morgan fingerprint density at radius 2 is 1.86 bits per heavy atom. The first-order valence-corrected chi connectivity index (χ1v) is 6.77. The van der Waals surface area contributed by atoms with Crippen molar-refractivity contribution in [3.8, 4) is 17.2 Å². The number of phenols is 1. The van der Waals surface area contributed by atoms with Gasteiger partial charge in [-0.1, -0.05) is 0 Å². The number of nitrogens with one attached hydrogen (secondary N) is 1. The summed E-state index contributed by atoms with van der Waals surface area (Å²) in [6.45, 7) is 4.73. The van der Waals surface area contributed by atoms with E-state index in [4.69, 9.17) is 9.47 Å². The summed E-state index contributed by atoms with van der Waals surface area (Å²) >= 11 is 0. The van der Waals surface area contributed by atoms with Gasteiger partial charge in [0, 0.05) is 18.8 Å². The monoisotopic (exact) mass is 291 g/mol. The first kappa shape index (κ1) is 15.0. The van der Waals surface area contributed by atoms with Gasteiger partial charge in [0.25, 0.3) is 0 Å². The Morgan fingerprint density at radius 3 is 2.33 bits per heavy atom. The third kappa shape index (κ3) is 3.39. The van der Waals surface area contributed by atoms with E-state index >= 15 is 0 Å². The van der Waals surface area contributed by atoms with Crippen molar-refractivity contribution in [3.05, 3.63) is 30.1 Å². The van der Waals surface area contributed by atoms with Gasteiger partial charge in [0.1, 0.15) is 0 Å². The number of nitrogens with zero attached hydrogens (tertiary/aromatic N) is 2. The van der Waals surface area contributed by atoms with Gasteiger partial charge in [-0.2, -0.15) is 5.10 Å². The maximum absolute atomic E-state index is 9.88. The van der Waals surface area contributed by atoms with E-state index in [0.717, 1.165) is 11.3 Å². The number of phenolic OH excluding ortho intramolecular Hbond substituents is 1. The van der Waals surface area contributed by atoms with Crippen LogP contribution in [0.25, 0.3) is 0 Å². The predicted octanol–water partition coefficient (Wildman–Crippen LogP) is 2.80. The van der Waals surface area contributed by atoms with Gasteiger partial charge in [0.2, 0.25) is 5.75 Å². The maximum atomic E-state index is 9.88. The highest BCUT2D eigenvalue weighted by atomic mass is 16.5. The minimum atomic E-state index is 0.0105. The summed E-state index contributed by atoms with van der Waals surface area (Å²) < 4.78 is 12.2. The quantitative estimate of drug-likeness (QED) is 0.856. The lowest BCUT2D eigenvalue weighted by atomic mass is 10.2. The summed E-state index contributed by atoms with van der Waals surface area (Å²) in [5.74, 6) is 0.796. The zero-order valence-electron chi connectivity index (χ0n) is 12.8. The van der Waals surface area contributed by atoms with Crippen LogP contribution in [0.4, 0.5) is 5.69 Å². The molecule has 0 fully saturated rings. The van der Waals surface area contributed by atoms with Crippen LogP contribution in [0.5, 0.6) is 17.2 Å². The van der Waals surface area contributed by atoms with Crippen LogP contribution in [0.1, 0.15) is 25.5 Å². The second-order valence-electron chi connectivity index (χ2n) is 5.01. The number of anilines is 1. The molecule has 6 nitrogen and oxygen atoms in total. The third-order valence-electron chi connectivity index (χ3n) is 3.17. The van der Waals surface area contributed by atoms with Crippen molar-refractivity contribution < 1.29 is 14.6 Å². The van der Waals surface area contributed by atoms with E-state index in [2.05, 4.69) is 24.3 Å². The molecule has 6 heteroatoms. The van der Waals surface area contributed by atoms with Gasteiger partial charge in [0.15, 0.2) is 11.5 Å². The van der Waals surface area contributed by atoms with E-state index < -0.39 is 0 Å². The molecular weight excluding hydrogens is 270 g/mol. The molecule has 0 atom stereocenters. The summed E-state index contributed by atoms with van der Waals surface area (Å²) in [6, 6.07) is 3.88. The smallest absolute Gasteiger partial charge is 0.200 e. The standard InChI is InChI=1S/C15H21N3O3/c1-10(2)18-9-12(8-17-18)16-7-11-5-13(20-3)15(19)14(6-11)21-4/h5-6,8-10,16,19H,7H2,1-4H3. The predicted molar refractivity (Wildman–Crippen MR) is 81.1 cm³/mol. The number of hydrogen-bond acceptors (Lipinski definition) is 5. The SMILES string of the molecule is COc1cc(CNc2cnn(C(C)C)c2)cc(OC)c1O. The van der Waals surface area contributed by atoms with Gasteiger partial charge in [-0.05, 0) is 31.5 Å². The zero-order chi connectivity index (χ0) is 15.4. The lowest BCUT2D eigenvalue weighted by molar-refractivity contribution is 0.339. The summed E-state index contributed by atoms with van der Waals surface area (Å²) in [5.41, 5.74) is 1.88. The minimum Gasteiger partial charge on any atom is -0.502 e. The molecule has 0 unspecified atom stereocenters. The average Bonchev–Trinajstić information content (AvgIpc) is 2.95. The molecule has 21 heavy (non-hydrogen) atoms. The first-order valence-electron chi connectivity index (χ1n) is 6.77. The Labute approximate surface area is 124 Å². The molecule has 2 N–H and O–H groups in total. The fraction of sp³-hybridized carbons (Fsp3) is 0.400. The van der Waals surface area contributed by atoms with Gasteiger partial charge in [-0.3, -0.25) is 4.68 Å². The summed E-state index contributed by atoms with van der Waals surface area (Å²) in [5, 5.41) is 17.4. The van der Waals surface area contributed by atoms with Gasteiger partial charge >= 0.3 is 0 Å². The van der Waals surface area contributed by atoms with Gasteiger partial charge < -0.3 is 19.9 Å². The van der Waals surface area contributed by atoms with Crippen LogP contribution in [0, 0.1) is 0 Å². The number of ether oxygens (including phenoxy) is 2. The normalized spacial score (nSPS) is 10.7. The fourth-order valence-electron chi connectivity index (χ4n) is 1.97. The van der Waals surface area contributed by atoms with Crippen LogP contribution in [0.15, 0.2) is 24.5 Å². The van der Waals surface area contributed by atoms with E-state index in [-0.39, 0.29) is 5.75 Å². The Hall–Kier alpha value is -2.37. The van der Waals surface area contributed by atoms with Crippen molar-refractivity contribution in [3.63, 3.8) is 0 Å². The van der Waals surface area contributed by atoms with Crippen molar-refractivity contribution in [2.75, 3.05) is 19.5 Å². The van der Waals surface area contributed by atoms with Crippen LogP contribution in [-0.2, 0) is 6.54 Å². The Balaban J connectivity index is 2.12. The molecule has 0 aliphatic carbocycles. The molecule has 2 aromatic rings. The number of rotatable bonds is 6. The molecule has 1 aromatic carbocycles. The van der Waals surface area contributed by atoms with Crippen LogP contribution in [0.2, 0.25) is 0 Å². The highest BCUT2D eigenvalue weighted by molar-refractivity contribution is 5.53. The van der Waals surface area contributed by atoms with Crippen molar-refractivity contribution in [2.24, 2.45) is 0 Å². The first-order chi connectivity index (χ1) is 10.0. The summed E-state index contributed by atoms with van der Waals surface area (Å²) in [4.78, 5) is 0. The molecule has 0 bridgehead atoms. The Morgan fingerprint density at radius 1 is 1.24 bits per heavy atom. The number of benzene rings is 1. The topological polar surface area (TPSA) is 68.5 Å². The molecule has 0 spiro atoms. The van der Waals surface area contributed by atoms with E-state index in [1.54, 1.807) is 18.3 Å². The minimum absolute atomic E-state index is 0.0105. The van der Waals surface area contributed by atoms with Crippen molar-refractivity contribution in [1.29, 1.82) is 0 Å². The molecule has 0 amide bonds. The molecule has 114 valence electrons. The van der Waals surface area contributed by atoms with Crippen LogP contribution in [0.3, 0.4) is 0 Å². The van der Waals surface area contributed by atoms with Crippen LogP contribution < -0.4 is 14.8 Å². The van der Waals surface area contributed by atoms with E-state index in [0.29, 0.717) is 24.1 Å². The zero-order valence-corrected chi connectivity index (χ0v) is 12.8. The average molecular weight is 291 g/mol. The van der Waals surface area contributed by atoms with Crippen LogP contribution >= 0.6 is 0 Å². The van der Waals surface area contributed by atoms with Crippen molar-refractivity contribution in [1.82, 2.24) is 9.78 Å². The highest BCUT2D eigenvalue weighted by Crippen LogP contribution is 2.37. The summed E-state index contributed by atoms with van der Waals surface area (Å²) in [7, 11) is 3.02. The lowest BCUT2D eigenvalue weighted by Gasteiger charge is -2.11. The lowest BCUT2D eigenvalue weighted by Crippen LogP contribution is -2.01. The molecule has 0 saturated carbocycles. The molecule has 0 saturated heterocycles. The second-order valence-corrected chi connectivity index (χ2v) is 5.01. The third-order valence-corrected chi connectivity index (χ3v) is 3.17. The molecule has 0 aliphatic rings. The highest BCUT2D eigenvalue weighted by Gasteiger charge is 2.11. The molecule has 0 radical (unpaired) electrons. The molecule has 2 rings (SSSR count). The number of methoxy groups -OCH3 is 2. The Kier molecular flexibility index (Phi) is 4.57. The van der Waals surface area contributed by atoms with Gasteiger partial charge in [0.05, 0.1) is 26.1 Å². The number of hydrogen-bond donors (Lipinski definition) is 2. The molecule has 1 aromatic heterocycles. The van der Waals surface area contributed by atoms with E-state index in [1.165, 1.54) is 14.2 Å². The van der Waals surface area contributed by atoms with E-state index in [9.17, 15) is 5.11 Å². The Bertz CT molecular complexity index is 583. The molecular formula is C15H21N3O3. The molecule has 0 aliphatic heterocycles. The maximum Gasteiger partial charge on any atom is 0.200 e. The summed E-state index contributed by atoms with van der Waals surface area (Å²) in [6.07, 6.45) is 3.74.